The van der Waals surface area contributed by atoms with E-state index in [4.69, 9.17) is 17.3 Å². The first-order chi connectivity index (χ1) is 7.00. The second-order valence-corrected chi connectivity index (χ2v) is 6.02. The van der Waals surface area contributed by atoms with Crippen LogP contribution in [-0.2, 0) is 0 Å². The van der Waals surface area contributed by atoms with Gasteiger partial charge in [-0.1, -0.05) is 11.6 Å². The van der Waals surface area contributed by atoms with Crippen molar-refractivity contribution in [2.75, 3.05) is 22.3 Å². The van der Waals surface area contributed by atoms with Crippen molar-refractivity contribution in [1.29, 1.82) is 0 Å². The van der Waals surface area contributed by atoms with E-state index >= 15 is 0 Å². The summed E-state index contributed by atoms with van der Waals surface area (Å²) < 4.78 is 21.1. The van der Waals surface area contributed by atoms with Crippen molar-refractivity contribution in [2.24, 2.45) is 0 Å². The Labute approximate surface area is 95.1 Å². The number of nitrogens with two attached hydrogens (primary N) is 1. The molecule has 6 heteroatoms. The monoisotopic (exact) mass is 248 g/mol. The lowest BCUT2D eigenvalue weighted by Gasteiger charge is -2.38. The average molecular weight is 249 g/mol. The molecule has 0 spiro atoms. The van der Waals surface area contributed by atoms with E-state index in [9.17, 15) is 9.11 Å². The highest BCUT2D eigenvalue weighted by atomic mass is 35.5. The molecule has 0 saturated carbocycles. The number of rotatable bonds is 1. The molecule has 1 aliphatic rings. The van der Waals surface area contributed by atoms with Crippen LogP contribution in [0.25, 0.3) is 0 Å². The number of nitrogens with zero attached hydrogens (tertiary/aromatic N) is 1. The molecule has 4 N–H and O–H groups in total. The third-order valence-corrected chi connectivity index (χ3v) is 4.61. The number of nitrogen functional groups attached to an aromatic ring is 1. The zero-order valence-corrected chi connectivity index (χ0v) is 9.63. The van der Waals surface area contributed by atoms with Crippen LogP contribution in [0.5, 0.6) is 0 Å². The highest BCUT2D eigenvalue weighted by molar-refractivity contribution is 8.25. The Kier molecular flexibility index (Phi) is 2.72. The van der Waals surface area contributed by atoms with Crippen molar-refractivity contribution in [3.63, 3.8) is 0 Å². The van der Waals surface area contributed by atoms with Gasteiger partial charge in [-0.25, -0.2) is 0 Å². The fourth-order valence-electron chi connectivity index (χ4n) is 1.66. The average Bonchev–Trinajstić information content (AvgIpc) is 2.50. The predicted molar refractivity (Wildman–Crippen MR) is 65.5 cm³/mol. The summed E-state index contributed by atoms with van der Waals surface area (Å²) in [5.41, 5.74) is 6.82. The number of benzene rings is 1. The van der Waals surface area contributed by atoms with Crippen molar-refractivity contribution in [2.45, 2.75) is 6.42 Å². The molecule has 0 atom stereocenters. The van der Waals surface area contributed by atoms with E-state index in [0.29, 0.717) is 28.7 Å². The minimum Gasteiger partial charge on any atom is -0.399 e. The standard InChI is InChI=1S/C9H13ClN2O2S/c10-8-3-2-7(11)6-9(8)12-4-1-5-15(12,13)14/h2-3,6,13-14H,1,4-5,11H2. The van der Waals surface area contributed by atoms with Crippen LogP contribution in [0.3, 0.4) is 0 Å². The van der Waals surface area contributed by atoms with Crippen LogP contribution >= 0.6 is 22.4 Å². The van der Waals surface area contributed by atoms with Crippen LogP contribution in [0.15, 0.2) is 18.2 Å². The molecule has 0 aliphatic carbocycles. The van der Waals surface area contributed by atoms with Gasteiger partial charge in [0.05, 0.1) is 16.5 Å². The molecule has 1 aliphatic heterocycles. The lowest BCUT2D eigenvalue weighted by molar-refractivity contribution is 0.491. The molecule has 0 bridgehead atoms. The Balaban J connectivity index is 2.40. The molecule has 0 unspecified atom stereocenters. The van der Waals surface area contributed by atoms with Crippen molar-refractivity contribution in [3.05, 3.63) is 23.2 Å². The summed E-state index contributed by atoms with van der Waals surface area (Å²) in [7, 11) is -2.69. The molecule has 1 saturated heterocycles. The lowest BCUT2D eigenvalue weighted by Crippen LogP contribution is -2.22. The molecule has 4 nitrogen and oxygen atoms in total. The lowest BCUT2D eigenvalue weighted by atomic mass is 10.3. The summed E-state index contributed by atoms with van der Waals surface area (Å²) in [5, 5.41) is 0.492. The van der Waals surface area contributed by atoms with E-state index in [0.717, 1.165) is 6.42 Å². The summed E-state index contributed by atoms with van der Waals surface area (Å²) in [4.78, 5) is 0. The third kappa shape index (κ3) is 2.01. The van der Waals surface area contributed by atoms with Crippen molar-refractivity contribution in [1.82, 2.24) is 0 Å². The normalized spacial score (nSPS) is 21.7. The topological polar surface area (TPSA) is 69.7 Å². The van der Waals surface area contributed by atoms with Crippen LogP contribution in [0.2, 0.25) is 5.02 Å². The summed E-state index contributed by atoms with van der Waals surface area (Å²) >= 11 is 6.00. The number of halogens is 1. The van der Waals surface area contributed by atoms with E-state index in [1.165, 1.54) is 0 Å². The molecular weight excluding hydrogens is 236 g/mol. The summed E-state index contributed by atoms with van der Waals surface area (Å²) in [6.45, 7) is 0.603. The van der Waals surface area contributed by atoms with Gasteiger partial charge in [-0.2, -0.15) is 0 Å². The van der Waals surface area contributed by atoms with Gasteiger partial charge in [0.2, 0.25) is 0 Å². The smallest absolute Gasteiger partial charge is 0.0774 e. The SMILES string of the molecule is Nc1ccc(Cl)c(N2CCCS2(O)O)c1. The van der Waals surface area contributed by atoms with Crippen LogP contribution in [-0.4, -0.2) is 21.4 Å². The maximum absolute atomic E-state index is 9.79. The van der Waals surface area contributed by atoms with Gasteiger partial charge in [-0.05, 0) is 24.6 Å². The Morgan fingerprint density at radius 3 is 2.73 bits per heavy atom. The van der Waals surface area contributed by atoms with Gasteiger partial charge in [0.15, 0.2) is 0 Å². The highest BCUT2D eigenvalue weighted by Crippen LogP contribution is 2.52. The molecule has 84 valence electrons. The minimum atomic E-state index is -2.69. The molecule has 1 aromatic carbocycles. The third-order valence-electron chi connectivity index (χ3n) is 2.37. The molecule has 2 rings (SSSR count). The Morgan fingerprint density at radius 2 is 2.13 bits per heavy atom. The van der Waals surface area contributed by atoms with E-state index in [-0.39, 0.29) is 0 Å². The second-order valence-electron chi connectivity index (χ2n) is 3.50. The highest BCUT2D eigenvalue weighted by Gasteiger charge is 2.30. The largest absolute Gasteiger partial charge is 0.399 e. The van der Waals surface area contributed by atoms with E-state index in [2.05, 4.69) is 0 Å². The van der Waals surface area contributed by atoms with Gasteiger partial charge >= 0.3 is 0 Å². The fourth-order valence-corrected chi connectivity index (χ4v) is 3.55. The van der Waals surface area contributed by atoms with Crippen molar-refractivity contribution in [3.8, 4) is 0 Å². The fraction of sp³-hybridized carbons (Fsp3) is 0.333. The molecule has 0 amide bonds. The van der Waals surface area contributed by atoms with Crippen LogP contribution in [0, 0.1) is 0 Å². The molecule has 15 heavy (non-hydrogen) atoms. The quantitative estimate of drug-likeness (QED) is 0.669. The number of anilines is 2. The number of hydrogen-bond donors (Lipinski definition) is 3. The second kappa shape index (κ2) is 3.75. The first-order valence-electron chi connectivity index (χ1n) is 4.59. The van der Waals surface area contributed by atoms with Gasteiger partial charge in [-0.3, -0.25) is 13.4 Å². The molecular formula is C9H13ClN2O2S. The number of hydrogen-bond acceptors (Lipinski definition) is 4. The van der Waals surface area contributed by atoms with Gasteiger partial charge in [0.25, 0.3) is 0 Å². The summed E-state index contributed by atoms with van der Waals surface area (Å²) in [6, 6.07) is 5.02. The Bertz CT molecular complexity index is 386. The first kappa shape index (κ1) is 10.9. The van der Waals surface area contributed by atoms with Gasteiger partial charge in [0.1, 0.15) is 0 Å². The van der Waals surface area contributed by atoms with Crippen LogP contribution in [0.1, 0.15) is 6.42 Å². The van der Waals surface area contributed by atoms with Gasteiger partial charge in [0, 0.05) is 12.2 Å². The minimum absolute atomic E-state index is 0.401. The van der Waals surface area contributed by atoms with E-state index < -0.39 is 10.8 Å². The maximum atomic E-state index is 9.79. The van der Waals surface area contributed by atoms with Gasteiger partial charge < -0.3 is 5.73 Å². The zero-order chi connectivity index (χ0) is 11.1. The Morgan fingerprint density at radius 1 is 1.40 bits per heavy atom. The molecule has 1 heterocycles. The van der Waals surface area contributed by atoms with Crippen molar-refractivity contribution >= 4 is 33.8 Å². The van der Waals surface area contributed by atoms with E-state index in [1.807, 2.05) is 0 Å². The Hall–Kier alpha value is -0.620. The van der Waals surface area contributed by atoms with Crippen molar-refractivity contribution < 1.29 is 9.11 Å². The predicted octanol–water partition coefficient (Wildman–Crippen LogP) is 2.80. The molecule has 0 radical (unpaired) electrons. The molecule has 1 aromatic rings. The van der Waals surface area contributed by atoms with Crippen LogP contribution < -0.4 is 10.0 Å². The molecule has 0 aromatic heterocycles. The van der Waals surface area contributed by atoms with Crippen LogP contribution in [0.4, 0.5) is 11.4 Å². The zero-order valence-electron chi connectivity index (χ0n) is 8.06. The maximum Gasteiger partial charge on any atom is 0.0774 e. The molecule has 1 fully saturated rings. The summed E-state index contributed by atoms with van der Waals surface area (Å²) in [6.07, 6.45) is 0.757. The van der Waals surface area contributed by atoms with E-state index in [1.54, 1.807) is 22.5 Å². The van der Waals surface area contributed by atoms with Gasteiger partial charge in [-0.15, -0.1) is 10.8 Å². The first-order valence-corrected chi connectivity index (χ1v) is 6.64. The summed E-state index contributed by atoms with van der Waals surface area (Å²) in [5.74, 6) is 0.401.